The van der Waals surface area contributed by atoms with Crippen LogP contribution < -0.4 is 16.0 Å². The smallest absolute Gasteiger partial charge is 0.251 e. The molecule has 0 radical (unpaired) electrons. The Kier molecular flexibility index (Phi) is 8.61. The number of aryl methyl sites for hydroxylation is 1. The Labute approximate surface area is 174 Å². The number of hydrogen-bond acceptors (Lipinski definition) is 4. The van der Waals surface area contributed by atoms with Gasteiger partial charge in [0.15, 0.2) is 0 Å². The van der Waals surface area contributed by atoms with Crippen molar-refractivity contribution in [1.29, 1.82) is 0 Å². The minimum Gasteiger partial charge on any atom is -0.399 e. The predicted molar refractivity (Wildman–Crippen MR) is 120 cm³/mol. The van der Waals surface area contributed by atoms with Gasteiger partial charge in [0.1, 0.15) is 0 Å². The van der Waals surface area contributed by atoms with E-state index in [0.29, 0.717) is 17.8 Å². The highest BCUT2D eigenvalue weighted by Gasteiger charge is 2.16. The molecule has 0 atom stereocenters. The van der Waals surface area contributed by atoms with Gasteiger partial charge in [-0.3, -0.25) is 9.69 Å². The second-order valence-corrected chi connectivity index (χ2v) is 7.25. The Morgan fingerprint density at radius 3 is 2.43 bits per heavy atom. The number of amides is 1. The number of hydrogen-bond donors (Lipinski definition) is 2. The van der Waals surface area contributed by atoms with E-state index in [4.69, 9.17) is 5.73 Å². The number of nitrogen functional groups attached to an aromatic ring is 1. The molecule has 28 heavy (non-hydrogen) atoms. The summed E-state index contributed by atoms with van der Waals surface area (Å²) in [5, 5.41) is 2.98. The zero-order valence-corrected chi connectivity index (χ0v) is 17.4. The van der Waals surface area contributed by atoms with Crippen LogP contribution in [0.25, 0.3) is 0 Å². The maximum atomic E-state index is 12.0. The summed E-state index contributed by atoms with van der Waals surface area (Å²) in [4.78, 5) is 17.0. The fourth-order valence-electron chi connectivity index (χ4n) is 3.45. The van der Waals surface area contributed by atoms with Gasteiger partial charge in [-0.2, -0.15) is 0 Å². The quantitative estimate of drug-likeness (QED) is 0.550. The maximum absolute atomic E-state index is 12.0. The zero-order chi connectivity index (χ0) is 19.1. The van der Waals surface area contributed by atoms with E-state index < -0.39 is 0 Å². The molecule has 0 aliphatic carbocycles. The van der Waals surface area contributed by atoms with Crippen LogP contribution in [0.1, 0.15) is 28.8 Å². The average Bonchev–Trinajstić information content (AvgIpc) is 2.68. The molecule has 2 aromatic rings. The molecule has 2 aromatic carbocycles. The molecule has 1 saturated heterocycles. The fraction of sp³-hybridized carbons (Fsp3) is 0.409. The van der Waals surface area contributed by atoms with E-state index in [1.54, 1.807) is 24.3 Å². The topological polar surface area (TPSA) is 61.6 Å². The van der Waals surface area contributed by atoms with E-state index in [1.165, 1.54) is 11.3 Å². The minimum absolute atomic E-state index is 0. The molecule has 3 rings (SSSR count). The first-order chi connectivity index (χ1) is 13.1. The van der Waals surface area contributed by atoms with E-state index in [0.717, 1.165) is 45.6 Å². The zero-order valence-electron chi connectivity index (χ0n) is 16.6. The van der Waals surface area contributed by atoms with E-state index >= 15 is 0 Å². The van der Waals surface area contributed by atoms with Gasteiger partial charge in [-0.25, -0.2) is 0 Å². The van der Waals surface area contributed by atoms with Gasteiger partial charge in [-0.1, -0.05) is 12.1 Å². The van der Waals surface area contributed by atoms with Crippen molar-refractivity contribution < 1.29 is 4.79 Å². The Hall–Kier alpha value is -2.24. The van der Waals surface area contributed by atoms with Crippen LogP contribution in [-0.2, 0) is 0 Å². The number of nitrogens with one attached hydrogen (secondary N) is 1. The first kappa shape index (κ1) is 22.1. The van der Waals surface area contributed by atoms with Crippen LogP contribution in [0.4, 0.5) is 11.4 Å². The third-order valence-electron chi connectivity index (χ3n) is 5.10. The van der Waals surface area contributed by atoms with Crippen molar-refractivity contribution >= 4 is 29.7 Å². The number of benzene rings is 2. The Morgan fingerprint density at radius 2 is 1.75 bits per heavy atom. The normalized spacial score (nSPS) is 14.4. The molecule has 1 fully saturated rings. The molecule has 0 unspecified atom stereocenters. The van der Waals surface area contributed by atoms with Gasteiger partial charge in [0.25, 0.3) is 5.91 Å². The highest BCUT2D eigenvalue weighted by atomic mass is 35.5. The number of unbranched alkanes of at least 4 members (excludes halogenated alkanes) is 1. The largest absolute Gasteiger partial charge is 0.399 e. The van der Waals surface area contributed by atoms with Crippen molar-refractivity contribution in [2.75, 3.05) is 49.9 Å². The van der Waals surface area contributed by atoms with Crippen LogP contribution in [-0.4, -0.2) is 50.1 Å². The molecule has 1 amide bonds. The number of nitrogens with zero attached hydrogens (tertiary/aromatic N) is 2. The predicted octanol–water partition coefficient (Wildman–Crippen LogP) is 3.33. The van der Waals surface area contributed by atoms with E-state index in [-0.39, 0.29) is 18.3 Å². The van der Waals surface area contributed by atoms with Gasteiger partial charge >= 0.3 is 0 Å². The summed E-state index contributed by atoms with van der Waals surface area (Å²) in [7, 11) is 0. The number of anilines is 2. The molecular formula is C22H31ClN4O. The summed E-state index contributed by atoms with van der Waals surface area (Å²) in [5.74, 6) is -0.0261. The number of carbonyl (C=O) groups excluding carboxylic acids is 1. The summed E-state index contributed by atoms with van der Waals surface area (Å²) in [6.07, 6.45) is 2.10. The molecule has 152 valence electrons. The second-order valence-electron chi connectivity index (χ2n) is 7.25. The van der Waals surface area contributed by atoms with E-state index in [9.17, 15) is 4.79 Å². The van der Waals surface area contributed by atoms with Crippen molar-refractivity contribution in [3.63, 3.8) is 0 Å². The molecule has 1 aliphatic rings. The van der Waals surface area contributed by atoms with Gasteiger partial charge in [0.2, 0.25) is 0 Å². The maximum Gasteiger partial charge on any atom is 0.251 e. The minimum atomic E-state index is -0.0261. The number of piperazine rings is 1. The lowest BCUT2D eigenvalue weighted by molar-refractivity contribution is 0.0952. The van der Waals surface area contributed by atoms with Gasteiger partial charge in [-0.15, -0.1) is 12.4 Å². The van der Waals surface area contributed by atoms with Gasteiger partial charge in [-0.05, 0) is 68.3 Å². The first-order valence-corrected chi connectivity index (χ1v) is 9.79. The Balaban J connectivity index is 0.00000280. The van der Waals surface area contributed by atoms with Crippen molar-refractivity contribution in [2.45, 2.75) is 19.8 Å². The molecule has 1 aliphatic heterocycles. The lowest BCUT2D eigenvalue weighted by Crippen LogP contribution is -2.46. The molecule has 6 heteroatoms. The Morgan fingerprint density at radius 1 is 1.04 bits per heavy atom. The molecule has 0 bridgehead atoms. The van der Waals surface area contributed by atoms with Crippen molar-refractivity contribution in [1.82, 2.24) is 10.2 Å². The average molecular weight is 403 g/mol. The lowest BCUT2D eigenvalue weighted by Gasteiger charge is -2.36. The number of halogens is 1. The summed E-state index contributed by atoms with van der Waals surface area (Å²) in [5.41, 5.74) is 9.63. The highest BCUT2D eigenvalue weighted by molar-refractivity contribution is 5.94. The summed E-state index contributed by atoms with van der Waals surface area (Å²) in [6.45, 7) is 8.32. The molecule has 0 spiro atoms. The van der Waals surface area contributed by atoms with Crippen LogP contribution in [0.3, 0.4) is 0 Å². The fourth-order valence-corrected chi connectivity index (χ4v) is 3.45. The summed E-state index contributed by atoms with van der Waals surface area (Å²) in [6, 6.07) is 15.8. The molecule has 0 saturated carbocycles. The van der Waals surface area contributed by atoms with Crippen molar-refractivity contribution in [2.24, 2.45) is 0 Å². The van der Waals surface area contributed by atoms with Crippen molar-refractivity contribution in [3.05, 3.63) is 59.7 Å². The monoisotopic (exact) mass is 402 g/mol. The van der Waals surface area contributed by atoms with Crippen LogP contribution in [0.15, 0.2) is 48.5 Å². The molecule has 0 aromatic heterocycles. The van der Waals surface area contributed by atoms with Crippen molar-refractivity contribution in [3.8, 4) is 0 Å². The molecular weight excluding hydrogens is 372 g/mol. The summed E-state index contributed by atoms with van der Waals surface area (Å²) >= 11 is 0. The van der Waals surface area contributed by atoms with Gasteiger partial charge in [0, 0.05) is 49.7 Å². The van der Waals surface area contributed by atoms with Crippen LogP contribution in [0.5, 0.6) is 0 Å². The van der Waals surface area contributed by atoms with Crippen LogP contribution >= 0.6 is 12.4 Å². The molecule has 3 N–H and O–H groups in total. The first-order valence-electron chi connectivity index (χ1n) is 9.79. The van der Waals surface area contributed by atoms with Gasteiger partial charge in [0.05, 0.1) is 0 Å². The van der Waals surface area contributed by atoms with Crippen LogP contribution in [0, 0.1) is 6.92 Å². The molecule has 1 heterocycles. The standard InChI is InChI=1S/C22H30N4O.ClH/c1-18-5-4-6-21(17-18)26-15-13-25(14-16-26)12-3-2-11-24-22(27)19-7-9-20(23)10-8-19;/h4-10,17H,2-3,11-16,23H2,1H3,(H,24,27);1H. The number of rotatable bonds is 7. The van der Waals surface area contributed by atoms with Gasteiger partial charge < -0.3 is 16.0 Å². The SMILES string of the molecule is Cc1cccc(N2CCN(CCCCNC(=O)c3ccc(N)cc3)CC2)c1.Cl. The third kappa shape index (κ3) is 6.43. The number of carbonyl (C=O) groups is 1. The lowest BCUT2D eigenvalue weighted by atomic mass is 10.2. The van der Waals surface area contributed by atoms with E-state index in [2.05, 4.69) is 46.3 Å². The molecule has 5 nitrogen and oxygen atoms in total. The van der Waals surface area contributed by atoms with E-state index in [1.807, 2.05) is 0 Å². The van der Waals surface area contributed by atoms with Crippen LogP contribution in [0.2, 0.25) is 0 Å². The second kappa shape index (κ2) is 10.9. The summed E-state index contributed by atoms with van der Waals surface area (Å²) < 4.78 is 0. The Bertz CT molecular complexity index is 742. The number of nitrogens with two attached hydrogens (primary N) is 1. The third-order valence-corrected chi connectivity index (χ3v) is 5.10. The highest BCUT2D eigenvalue weighted by Crippen LogP contribution is 2.17.